The van der Waals surface area contributed by atoms with Crippen LogP contribution in [0.3, 0.4) is 0 Å². The Kier molecular flexibility index (Phi) is 5.31. The topological polar surface area (TPSA) is 53.5 Å². The molecule has 0 aliphatic heterocycles. The van der Waals surface area contributed by atoms with Crippen LogP contribution in [0.1, 0.15) is 23.6 Å². The van der Waals surface area contributed by atoms with Gasteiger partial charge in [-0.3, -0.25) is 4.79 Å². The molecule has 0 bridgehead atoms. The van der Waals surface area contributed by atoms with Gasteiger partial charge in [-0.2, -0.15) is 5.10 Å². The molecule has 0 radical (unpaired) electrons. The summed E-state index contributed by atoms with van der Waals surface area (Å²) in [5, 5.41) is 7.20. The first-order valence-corrected chi connectivity index (χ1v) is 7.26. The average molecular weight is 295 g/mol. The molecule has 0 spiro atoms. The molecule has 0 atom stereocenters. The highest BCUT2D eigenvalue weighted by molar-refractivity contribution is 5.99. The number of carbonyl (C=O) groups is 1. The maximum atomic E-state index is 11.8. The molecule has 0 saturated heterocycles. The highest BCUT2D eigenvalue weighted by Gasteiger charge is 2.02. The number of benzene rings is 2. The summed E-state index contributed by atoms with van der Waals surface area (Å²) < 4.78 is 0. The van der Waals surface area contributed by atoms with Crippen LogP contribution in [0.5, 0.6) is 0 Å². The van der Waals surface area contributed by atoms with Crippen LogP contribution in [0.15, 0.2) is 53.6 Å². The van der Waals surface area contributed by atoms with Crippen LogP contribution < -0.4 is 10.7 Å². The van der Waals surface area contributed by atoms with E-state index in [0.29, 0.717) is 0 Å². The van der Waals surface area contributed by atoms with Crippen molar-refractivity contribution in [3.05, 3.63) is 65.2 Å². The Labute approximate surface area is 131 Å². The second-order valence-electron chi connectivity index (χ2n) is 5.25. The minimum Gasteiger partial charge on any atom is -0.376 e. The molecule has 0 aromatic heterocycles. The summed E-state index contributed by atoms with van der Waals surface area (Å²) in [7, 11) is 0. The molecule has 4 nitrogen and oxygen atoms in total. The van der Waals surface area contributed by atoms with Crippen molar-refractivity contribution < 1.29 is 4.79 Å². The summed E-state index contributed by atoms with van der Waals surface area (Å²) in [6.07, 6.45) is 0. The molecule has 0 saturated carbocycles. The van der Waals surface area contributed by atoms with Gasteiger partial charge >= 0.3 is 0 Å². The standard InChI is InChI=1S/C18H21N3O/c1-13-9-10-16(11-14(13)2)15(3)20-21-18(22)12-19-17-7-5-4-6-8-17/h4-11,19H,12H2,1-3H3,(H,21,22)/b20-15-. The van der Waals surface area contributed by atoms with Gasteiger partial charge in [-0.25, -0.2) is 5.43 Å². The van der Waals surface area contributed by atoms with E-state index in [1.165, 1.54) is 11.1 Å². The number of carbonyl (C=O) groups excluding carboxylic acids is 1. The normalized spacial score (nSPS) is 11.1. The Morgan fingerprint density at radius 1 is 1.05 bits per heavy atom. The molecule has 0 unspecified atom stereocenters. The number of rotatable bonds is 5. The Morgan fingerprint density at radius 2 is 1.77 bits per heavy atom. The van der Waals surface area contributed by atoms with Crippen molar-refractivity contribution >= 4 is 17.3 Å². The van der Waals surface area contributed by atoms with Gasteiger partial charge in [0.25, 0.3) is 5.91 Å². The molecule has 1 amide bonds. The fourth-order valence-corrected chi connectivity index (χ4v) is 1.96. The smallest absolute Gasteiger partial charge is 0.259 e. The SMILES string of the molecule is C/C(=N/NC(=O)CNc1ccccc1)c1ccc(C)c(C)c1. The third kappa shape index (κ3) is 4.45. The molecule has 2 aromatic carbocycles. The van der Waals surface area contributed by atoms with Crippen molar-refractivity contribution in [1.29, 1.82) is 0 Å². The third-order valence-corrected chi connectivity index (χ3v) is 3.50. The predicted molar refractivity (Wildman–Crippen MR) is 91.2 cm³/mol. The van der Waals surface area contributed by atoms with E-state index in [-0.39, 0.29) is 12.5 Å². The second-order valence-corrected chi connectivity index (χ2v) is 5.25. The minimum atomic E-state index is -0.174. The Hall–Kier alpha value is -2.62. The molecule has 0 aliphatic rings. The van der Waals surface area contributed by atoms with Gasteiger partial charge in [-0.05, 0) is 55.7 Å². The van der Waals surface area contributed by atoms with Crippen molar-refractivity contribution in [3.8, 4) is 0 Å². The summed E-state index contributed by atoms with van der Waals surface area (Å²) in [6.45, 7) is 6.21. The lowest BCUT2D eigenvalue weighted by atomic mass is 10.0. The Morgan fingerprint density at radius 3 is 2.45 bits per heavy atom. The first-order valence-electron chi connectivity index (χ1n) is 7.26. The minimum absolute atomic E-state index is 0.174. The van der Waals surface area contributed by atoms with Crippen molar-refractivity contribution in [1.82, 2.24) is 5.43 Å². The summed E-state index contributed by atoms with van der Waals surface area (Å²) in [5.41, 5.74) is 7.74. The highest BCUT2D eigenvalue weighted by Crippen LogP contribution is 2.10. The van der Waals surface area contributed by atoms with E-state index in [9.17, 15) is 4.79 Å². The average Bonchev–Trinajstić information content (AvgIpc) is 2.54. The van der Waals surface area contributed by atoms with E-state index in [0.717, 1.165) is 17.0 Å². The quantitative estimate of drug-likeness (QED) is 0.657. The number of anilines is 1. The maximum absolute atomic E-state index is 11.8. The van der Waals surface area contributed by atoms with Crippen molar-refractivity contribution in [2.24, 2.45) is 5.10 Å². The van der Waals surface area contributed by atoms with Crippen molar-refractivity contribution in [2.75, 3.05) is 11.9 Å². The van der Waals surface area contributed by atoms with Gasteiger partial charge < -0.3 is 5.32 Å². The van der Waals surface area contributed by atoms with Crippen LogP contribution >= 0.6 is 0 Å². The molecule has 2 N–H and O–H groups in total. The maximum Gasteiger partial charge on any atom is 0.259 e. The molecular formula is C18H21N3O. The van der Waals surface area contributed by atoms with Crippen molar-refractivity contribution in [2.45, 2.75) is 20.8 Å². The first-order chi connectivity index (χ1) is 10.6. The predicted octanol–water partition coefficient (Wildman–Crippen LogP) is 3.26. The van der Waals surface area contributed by atoms with Gasteiger partial charge in [0, 0.05) is 5.69 Å². The number of nitrogens with one attached hydrogen (secondary N) is 2. The van der Waals surface area contributed by atoms with Crippen LogP contribution in [-0.4, -0.2) is 18.2 Å². The van der Waals surface area contributed by atoms with Gasteiger partial charge in [0.1, 0.15) is 0 Å². The molecule has 22 heavy (non-hydrogen) atoms. The zero-order chi connectivity index (χ0) is 15.9. The number of hydrazone groups is 1. The molecule has 0 aliphatic carbocycles. The lowest BCUT2D eigenvalue weighted by molar-refractivity contribution is -0.119. The Balaban J connectivity index is 1.90. The lowest BCUT2D eigenvalue weighted by Gasteiger charge is -2.07. The van der Waals surface area contributed by atoms with Crippen molar-refractivity contribution in [3.63, 3.8) is 0 Å². The van der Waals surface area contributed by atoms with Crippen LogP contribution in [0.25, 0.3) is 0 Å². The van der Waals surface area contributed by atoms with E-state index in [1.807, 2.05) is 43.3 Å². The largest absolute Gasteiger partial charge is 0.376 e. The molecule has 0 fully saturated rings. The zero-order valence-corrected chi connectivity index (χ0v) is 13.2. The lowest BCUT2D eigenvalue weighted by Crippen LogP contribution is -2.26. The third-order valence-electron chi connectivity index (χ3n) is 3.50. The summed E-state index contributed by atoms with van der Waals surface area (Å²) >= 11 is 0. The fourth-order valence-electron chi connectivity index (χ4n) is 1.96. The molecule has 0 heterocycles. The van der Waals surface area contributed by atoms with Crippen LogP contribution in [0.2, 0.25) is 0 Å². The van der Waals surface area contributed by atoms with Gasteiger partial charge in [-0.1, -0.05) is 30.3 Å². The molecule has 2 rings (SSSR count). The number of aryl methyl sites for hydroxylation is 2. The summed E-state index contributed by atoms with van der Waals surface area (Å²) in [6, 6.07) is 15.7. The second kappa shape index (κ2) is 7.41. The number of para-hydroxylation sites is 1. The summed E-state index contributed by atoms with van der Waals surface area (Å²) in [5.74, 6) is -0.174. The highest BCUT2D eigenvalue weighted by atomic mass is 16.2. The molecule has 114 valence electrons. The monoisotopic (exact) mass is 295 g/mol. The van der Waals surface area contributed by atoms with E-state index in [1.54, 1.807) is 0 Å². The molecule has 2 aromatic rings. The van der Waals surface area contributed by atoms with Gasteiger partial charge in [-0.15, -0.1) is 0 Å². The van der Waals surface area contributed by atoms with Crippen LogP contribution in [-0.2, 0) is 4.79 Å². The number of amides is 1. The number of nitrogens with zero attached hydrogens (tertiary/aromatic N) is 1. The van der Waals surface area contributed by atoms with Gasteiger partial charge in [0.2, 0.25) is 0 Å². The van der Waals surface area contributed by atoms with E-state index >= 15 is 0 Å². The fraction of sp³-hybridized carbons (Fsp3) is 0.222. The van der Waals surface area contributed by atoms with Gasteiger partial charge in [0.15, 0.2) is 0 Å². The van der Waals surface area contributed by atoms with E-state index < -0.39 is 0 Å². The number of hydrogen-bond acceptors (Lipinski definition) is 3. The number of hydrogen-bond donors (Lipinski definition) is 2. The van der Waals surface area contributed by atoms with Gasteiger partial charge in [0.05, 0.1) is 12.3 Å². The summed E-state index contributed by atoms with van der Waals surface area (Å²) in [4.78, 5) is 11.8. The van der Waals surface area contributed by atoms with Crippen LogP contribution in [0, 0.1) is 13.8 Å². The van der Waals surface area contributed by atoms with E-state index in [4.69, 9.17) is 0 Å². The first kappa shape index (κ1) is 15.8. The zero-order valence-electron chi connectivity index (χ0n) is 13.2. The molecular weight excluding hydrogens is 274 g/mol. The van der Waals surface area contributed by atoms with Crippen LogP contribution in [0.4, 0.5) is 5.69 Å². The molecule has 4 heteroatoms. The Bertz CT molecular complexity index is 678. The van der Waals surface area contributed by atoms with E-state index in [2.05, 4.69) is 41.8 Å².